The number of fused-ring (bicyclic) bond motifs is 1. The fourth-order valence-electron chi connectivity index (χ4n) is 2.67. The van der Waals surface area contributed by atoms with Gasteiger partial charge in [0.15, 0.2) is 0 Å². The zero-order valence-corrected chi connectivity index (χ0v) is 15.8. The summed E-state index contributed by atoms with van der Waals surface area (Å²) in [6, 6.07) is 15.9. The maximum absolute atomic E-state index is 4.56. The average molecular weight is 377 g/mol. The Labute approximate surface area is 161 Å². The van der Waals surface area contributed by atoms with E-state index < -0.39 is 0 Å². The number of anilines is 4. The molecular weight excluding hydrogens is 358 g/mol. The molecule has 0 unspecified atom stereocenters. The van der Waals surface area contributed by atoms with Gasteiger partial charge in [-0.25, -0.2) is 4.98 Å². The van der Waals surface area contributed by atoms with E-state index in [1.165, 1.54) is 0 Å². The molecule has 0 amide bonds. The van der Waals surface area contributed by atoms with Crippen LogP contribution in [0.3, 0.4) is 0 Å². The Balaban J connectivity index is 1.54. The smallest absolute Gasteiger partial charge is 0.229 e. The van der Waals surface area contributed by atoms with E-state index in [1.54, 1.807) is 24.3 Å². The van der Waals surface area contributed by atoms with Gasteiger partial charge in [-0.2, -0.15) is 10.1 Å². The summed E-state index contributed by atoms with van der Waals surface area (Å²) in [6.07, 6.45) is 3.53. The maximum atomic E-state index is 4.56. The molecule has 0 saturated carbocycles. The van der Waals surface area contributed by atoms with Crippen molar-refractivity contribution in [3.63, 3.8) is 0 Å². The molecule has 0 radical (unpaired) electrons. The number of hydrogen-bond donors (Lipinski definition) is 3. The third-order valence-electron chi connectivity index (χ3n) is 3.78. The lowest BCUT2D eigenvalue weighted by Gasteiger charge is -2.11. The Bertz CT molecular complexity index is 1060. The second kappa shape index (κ2) is 7.65. The molecule has 4 rings (SSSR count). The van der Waals surface area contributed by atoms with Gasteiger partial charge in [-0.1, -0.05) is 12.1 Å². The quantitative estimate of drug-likeness (QED) is 0.429. The van der Waals surface area contributed by atoms with Crippen LogP contribution in [0.15, 0.2) is 65.8 Å². The summed E-state index contributed by atoms with van der Waals surface area (Å²) in [5.74, 6) is 1.24. The van der Waals surface area contributed by atoms with Gasteiger partial charge in [-0.15, -0.1) is 0 Å². The number of aromatic amines is 1. The molecule has 0 aliphatic heterocycles. The van der Waals surface area contributed by atoms with E-state index in [4.69, 9.17) is 0 Å². The van der Waals surface area contributed by atoms with Crippen LogP contribution in [-0.2, 0) is 0 Å². The van der Waals surface area contributed by atoms with E-state index in [0.717, 1.165) is 27.2 Å². The van der Waals surface area contributed by atoms with E-state index in [-0.39, 0.29) is 0 Å². The zero-order valence-electron chi connectivity index (χ0n) is 15.0. The minimum atomic E-state index is 0.534. The maximum Gasteiger partial charge on any atom is 0.229 e. The lowest BCUT2D eigenvalue weighted by atomic mass is 10.2. The van der Waals surface area contributed by atoms with Crippen molar-refractivity contribution in [2.24, 2.45) is 0 Å². The van der Waals surface area contributed by atoms with Crippen molar-refractivity contribution in [1.29, 1.82) is 0 Å². The van der Waals surface area contributed by atoms with Gasteiger partial charge in [0.1, 0.15) is 5.82 Å². The average Bonchev–Trinajstić information content (AvgIpc) is 3.12. The van der Waals surface area contributed by atoms with Crippen molar-refractivity contribution in [3.8, 4) is 0 Å². The molecule has 0 atom stereocenters. The molecule has 0 aliphatic carbocycles. The number of nitrogens with one attached hydrogen (secondary N) is 3. The fraction of sp³-hybridized carbons (Fsp3) is 0.105. The van der Waals surface area contributed by atoms with Crippen LogP contribution in [0.5, 0.6) is 0 Å². The highest BCUT2D eigenvalue weighted by Gasteiger charge is 2.06. The third kappa shape index (κ3) is 4.18. The first-order valence-corrected chi connectivity index (χ1v) is 9.19. The van der Waals surface area contributed by atoms with Crippen molar-refractivity contribution in [1.82, 2.24) is 24.5 Å². The number of H-pyrrole nitrogens is 1. The van der Waals surface area contributed by atoms with Crippen LogP contribution in [0, 0.1) is 0 Å². The molecule has 27 heavy (non-hydrogen) atoms. The number of hydrogen-bond acceptors (Lipinski definition) is 7. The minimum Gasteiger partial charge on any atom is -0.339 e. The highest BCUT2D eigenvalue weighted by Crippen LogP contribution is 2.26. The largest absolute Gasteiger partial charge is 0.339 e. The molecule has 2 aromatic heterocycles. The second-order valence-corrected chi connectivity index (χ2v) is 7.47. The van der Waals surface area contributed by atoms with Gasteiger partial charge in [0, 0.05) is 22.2 Å². The minimum absolute atomic E-state index is 0.534. The fourth-order valence-corrected chi connectivity index (χ4v) is 3.41. The van der Waals surface area contributed by atoms with Crippen molar-refractivity contribution in [2.75, 3.05) is 24.7 Å². The van der Waals surface area contributed by atoms with Gasteiger partial charge in [-0.3, -0.25) is 9.40 Å². The van der Waals surface area contributed by atoms with Gasteiger partial charge in [-0.05, 0) is 62.4 Å². The molecule has 8 heteroatoms. The Morgan fingerprint density at radius 2 is 1.93 bits per heavy atom. The molecule has 7 nitrogen and oxygen atoms in total. The highest BCUT2D eigenvalue weighted by molar-refractivity contribution is 7.97. The molecular formula is C19H19N7S. The molecule has 2 heterocycles. The molecule has 0 spiro atoms. The summed E-state index contributed by atoms with van der Waals surface area (Å²) in [4.78, 5) is 10.0. The van der Waals surface area contributed by atoms with Crippen molar-refractivity contribution < 1.29 is 0 Å². The highest BCUT2D eigenvalue weighted by atomic mass is 32.2. The van der Waals surface area contributed by atoms with Gasteiger partial charge < -0.3 is 10.6 Å². The van der Waals surface area contributed by atoms with Crippen LogP contribution in [0.2, 0.25) is 0 Å². The summed E-state index contributed by atoms with van der Waals surface area (Å²) in [6.45, 7) is 0. The predicted molar refractivity (Wildman–Crippen MR) is 111 cm³/mol. The van der Waals surface area contributed by atoms with Crippen LogP contribution in [0.4, 0.5) is 23.1 Å². The van der Waals surface area contributed by atoms with Crippen molar-refractivity contribution in [3.05, 3.63) is 60.9 Å². The van der Waals surface area contributed by atoms with Gasteiger partial charge in [0.05, 0.1) is 17.4 Å². The van der Waals surface area contributed by atoms with Crippen LogP contribution in [0.1, 0.15) is 0 Å². The normalized spacial score (nSPS) is 11.1. The van der Waals surface area contributed by atoms with E-state index in [9.17, 15) is 0 Å². The summed E-state index contributed by atoms with van der Waals surface area (Å²) in [5.41, 5.74) is 2.86. The van der Waals surface area contributed by atoms with E-state index in [2.05, 4.69) is 47.2 Å². The SMILES string of the molecule is CN(C)Sc1cccc(Nc2nccc(Nc3cccc4[nH]ncc34)n2)c1. The van der Waals surface area contributed by atoms with Crippen molar-refractivity contribution in [2.45, 2.75) is 4.90 Å². The summed E-state index contributed by atoms with van der Waals surface area (Å²) < 4.78 is 2.05. The molecule has 0 saturated heterocycles. The molecule has 4 aromatic rings. The van der Waals surface area contributed by atoms with Gasteiger partial charge in [0.2, 0.25) is 5.95 Å². The molecule has 0 bridgehead atoms. The predicted octanol–water partition coefficient (Wildman–Crippen LogP) is 4.41. The zero-order chi connectivity index (χ0) is 18.6. The van der Waals surface area contributed by atoms with Crippen molar-refractivity contribution >= 4 is 46.0 Å². The number of rotatable bonds is 6. The molecule has 3 N–H and O–H groups in total. The first kappa shape index (κ1) is 17.3. The Hall–Kier alpha value is -3.10. The van der Waals surface area contributed by atoms with Crippen LogP contribution in [-0.4, -0.2) is 38.6 Å². The van der Waals surface area contributed by atoms with E-state index in [1.807, 2.05) is 50.5 Å². The van der Waals surface area contributed by atoms with Crippen LogP contribution >= 0.6 is 11.9 Å². The topological polar surface area (TPSA) is 81.8 Å². The Kier molecular flexibility index (Phi) is 4.91. The summed E-state index contributed by atoms with van der Waals surface area (Å²) in [5, 5.41) is 14.7. The Morgan fingerprint density at radius 3 is 2.81 bits per heavy atom. The van der Waals surface area contributed by atoms with Gasteiger partial charge >= 0.3 is 0 Å². The molecule has 136 valence electrons. The number of benzene rings is 2. The first-order valence-electron chi connectivity index (χ1n) is 8.42. The number of nitrogens with zero attached hydrogens (tertiary/aromatic N) is 4. The van der Waals surface area contributed by atoms with E-state index >= 15 is 0 Å². The third-order valence-corrected chi connectivity index (χ3v) is 4.61. The summed E-state index contributed by atoms with van der Waals surface area (Å²) in [7, 11) is 4.03. The Morgan fingerprint density at radius 1 is 1.04 bits per heavy atom. The molecule has 0 aliphatic rings. The lowest BCUT2D eigenvalue weighted by molar-refractivity contribution is 0.703. The molecule has 2 aromatic carbocycles. The standard InChI is InChI=1S/C19H19N7S/c1-26(2)27-14-6-3-5-13(11-14)22-19-20-10-9-18(24-19)23-16-7-4-8-17-15(16)12-21-25-17/h3-12H,1-2H3,(H,21,25)(H2,20,22,23,24). The van der Waals surface area contributed by atoms with Gasteiger partial charge in [0.25, 0.3) is 0 Å². The first-order chi connectivity index (χ1) is 13.2. The van der Waals surface area contributed by atoms with Crippen LogP contribution in [0.25, 0.3) is 10.9 Å². The second-order valence-electron chi connectivity index (χ2n) is 6.08. The van der Waals surface area contributed by atoms with Crippen LogP contribution < -0.4 is 10.6 Å². The lowest BCUT2D eigenvalue weighted by Crippen LogP contribution is -2.01. The summed E-state index contributed by atoms with van der Waals surface area (Å²) >= 11 is 1.66. The monoisotopic (exact) mass is 377 g/mol. The molecule has 0 fully saturated rings. The number of aromatic nitrogens is 4. The van der Waals surface area contributed by atoms with E-state index in [0.29, 0.717) is 11.8 Å².